The van der Waals surface area contributed by atoms with E-state index in [1.807, 2.05) is 7.11 Å². The molecule has 2 heteroatoms. The summed E-state index contributed by atoms with van der Waals surface area (Å²) in [5.74, 6) is 0. The van der Waals surface area contributed by atoms with Crippen molar-refractivity contribution in [1.82, 2.24) is 0 Å². The maximum absolute atomic E-state index is 5.89. The van der Waals surface area contributed by atoms with Crippen molar-refractivity contribution in [3.63, 3.8) is 0 Å². The SMILES string of the molecule is CO[Si](C)(C)c1cc2cccc3ccc4cccc1c4c32. The van der Waals surface area contributed by atoms with E-state index in [0.717, 1.165) is 0 Å². The number of rotatable bonds is 2. The summed E-state index contributed by atoms with van der Waals surface area (Å²) in [6.07, 6.45) is 0. The molecule has 0 aliphatic rings. The van der Waals surface area contributed by atoms with Gasteiger partial charge >= 0.3 is 0 Å². The molecule has 0 aliphatic carbocycles. The standard InChI is InChI=1S/C19H18OSi/c1-20-21(2,3)17-12-15-8-4-6-13-10-11-14-7-5-9-16(17)19(14)18(13)15/h4-12H,1-3H3. The van der Waals surface area contributed by atoms with Crippen LogP contribution in [0.15, 0.2) is 54.6 Å². The Balaban J connectivity index is 2.31. The van der Waals surface area contributed by atoms with Crippen LogP contribution in [-0.4, -0.2) is 15.4 Å². The molecule has 0 atom stereocenters. The third kappa shape index (κ3) is 1.73. The van der Waals surface area contributed by atoms with E-state index < -0.39 is 8.32 Å². The van der Waals surface area contributed by atoms with Crippen molar-refractivity contribution in [3.8, 4) is 0 Å². The molecule has 0 spiro atoms. The van der Waals surface area contributed by atoms with Crippen LogP contribution in [0.2, 0.25) is 13.1 Å². The molecule has 21 heavy (non-hydrogen) atoms. The third-order valence-electron chi connectivity index (χ3n) is 4.67. The molecule has 0 aliphatic heterocycles. The third-order valence-corrected chi connectivity index (χ3v) is 7.40. The van der Waals surface area contributed by atoms with Crippen LogP contribution in [0.3, 0.4) is 0 Å². The minimum absolute atomic E-state index is 1.32. The summed E-state index contributed by atoms with van der Waals surface area (Å²) >= 11 is 0. The lowest BCUT2D eigenvalue weighted by molar-refractivity contribution is 0.416. The van der Waals surface area contributed by atoms with Crippen molar-refractivity contribution in [2.75, 3.05) is 7.11 Å². The van der Waals surface area contributed by atoms with E-state index >= 15 is 0 Å². The molecule has 0 bridgehead atoms. The fraction of sp³-hybridized carbons (Fsp3) is 0.158. The number of benzene rings is 4. The second-order valence-corrected chi connectivity index (χ2v) is 10.2. The van der Waals surface area contributed by atoms with Gasteiger partial charge in [-0.15, -0.1) is 0 Å². The first kappa shape index (κ1) is 12.8. The van der Waals surface area contributed by atoms with Gasteiger partial charge in [0.15, 0.2) is 0 Å². The molecule has 4 rings (SSSR count). The number of hydrogen-bond acceptors (Lipinski definition) is 1. The molecule has 1 nitrogen and oxygen atoms in total. The van der Waals surface area contributed by atoms with Crippen LogP contribution in [0, 0.1) is 0 Å². The zero-order valence-corrected chi connectivity index (χ0v) is 13.6. The lowest BCUT2D eigenvalue weighted by Crippen LogP contribution is -2.44. The van der Waals surface area contributed by atoms with Gasteiger partial charge in [-0.3, -0.25) is 0 Å². The lowest BCUT2D eigenvalue weighted by atomic mass is 9.94. The first-order chi connectivity index (χ1) is 10.1. The van der Waals surface area contributed by atoms with Gasteiger partial charge in [-0.25, -0.2) is 0 Å². The Morgan fingerprint density at radius 1 is 0.762 bits per heavy atom. The molecule has 4 aromatic rings. The molecule has 0 saturated heterocycles. The van der Waals surface area contributed by atoms with Crippen LogP contribution in [0.25, 0.3) is 32.3 Å². The van der Waals surface area contributed by atoms with Gasteiger partial charge in [0.25, 0.3) is 0 Å². The van der Waals surface area contributed by atoms with Crippen LogP contribution in [-0.2, 0) is 4.43 Å². The van der Waals surface area contributed by atoms with Crippen LogP contribution < -0.4 is 5.19 Å². The van der Waals surface area contributed by atoms with E-state index in [0.29, 0.717) is 0 Å². The van der Waals surface area contributed by atoms with Crippen LogP contribution in [0.5, 0.6) is 0 Å². The Kier molecular flexibility index (Phi) is 2.62. The number of hydrogen-bond donors (Lipinski definition) is 0. The first-order valence-corrected chi connectivity index (χ1v) is 10.2. The predicted octanol–water partition coefficient (Wildman–Crippen LogP) is 4.64. The highest BCUT2D eigenvalue weighted by Crippen LogP contribution is 2.34. The molecule has 0 saturated carbocycles. The van der Waals surface area contributed by atoms with E-state index in [9.17, 15) is 0 Å². The van der Waals surface area contributed by atoms with Crippen molar-refractivity contribution in [2.24, 2.45) is 0 Å². The van der Waals surface area contributed by atoms with Crippen molar-refractivity contribution >= 4 is 45.8 Å². The van der Waals surface area contributed by atoms with Gasteiger partial charge in [0.1, 0.15) is 0 Å². The molecule has 0 fully saturated rings. The minimum atomic E-state index is -1.88. The van der Waals surface area contributed by atoms with E-state index in [2.05, 4.69) is 67.7 Å². The average Bonchev–Trinajstić information content (AvgIpc) is 2.52. The van der Waals surface area contributed by atoms with E-state index in [4.69, 9.17) is 4.43 Å². The van der Waals surface area contributed by atoms with Gasteiger partial charge in [-0.05, 0) is 50.6 Å². The Morgan fingerprint density at radius 3 is 2.10 bits per heavy atom. The smallest absolute Gasteiger partial charge is 0.218 e. The highest BCUT2D eigenvalue weighted by atomic mass is 28.4. The minimum Gasteiger partial charge on any atom is -0.416 e. The van der Waals surface area contributed by atoms with E-state index in [1.165, 1.54) is 37.5 Å². The summed E-state index contributed by atoms with van der Waals surface area (Å²) in [6.45, 7) is 4.54. The van der Waals surface area contributed by atoms with E-state index in [1.54, 1.807) is 0 Å². The van der Waals surface area contributed by atoms with Gasteiger partial charge < -0.3 is 4.43 Å². The Hall–Kier alpha value is -1.90. The molecule has 0 radical (unpaired) electrons. The topological polar surface area (TPSA) is 9.23 Å². The summed E-state index contributed by atoms with van der Waals surface area (Å²) in [4.78, 5) is 0. The zero-order chi connectivity index (χ0) is 14.6. The molecule has 104 valence electrons. The molecule has 0 N–H and O–H groups in total. The van der Waals surface area contributed by atoms with Crippen LogP contribution >= 0.6 is 0 Å². The molecule has 0 heterocycles. The van der Waals surface area contributed by atoms with Gasteiger partial charge in [0.05, 0.1) is 0 Å². The molecule has 0 amide bonds. The predicted molar refractivity (Wildman–Crippen MR) is 94.3 cm³/mol. The maximum atomic E-state index is 5.89. The summed E-state index contributed by atoms with van der Waals surface area (Å²) in [5.41, 5.74) is 0. The van der Waals surface area contributed by atoms with E-state index in [-0.39, 0.29) is 0 Å². The first-order valence-electron chi connectivity index (χ1n) is 7.34. The Labute approximate surface area is 125 Å². The Morgan fingerprint density at radius 2 is 1.38 bits per heavy atom. The Bertz CT molecular complexity index is 956. The highest BCUT2D eigenvalue weighted by molar-refractivity contribution is 6.86. The summed E-state index contributed by atoms with van der Waals surface area (Å²) in [6, 6.07) is 20.0. The van der Waals surface area contributed by atoms with Crippen molar-refractivity contribution in [1.29, 1.82) is 0 Å². The molecular weight excluding hydrogens is 272 g/mol. The summed E-state index contributed by atoms with van der Waals surface area (Å²) in [5, 5.41) is 9.48. The quantitative estimate of drug-likeness (QED) is 0.386. The molecule has 4 aromatic carbocycles. The van der Waals surface area contributed by atoms with Gasteiger partial charge in [0.2, 0.25) is 8.32 Å². The molecule has 0 unspecified atom stereocenters. The zero-order valence-electron chi connectivity index (χ0n) is 12.6. The normalized spacial score (nSPS) is 12.7. The van der Waals surface area contributed by atoms with Gasteiger partial charge in [-0.2, -0.15) is 0 Å². The molecule has 0 aromatic heterocycles. The average molecular weight is 290 g/mol. The maximum Gasteiger partial charge on any atom is 0.218 e. The van der Waals surface area contributed by atoms with Crippen LogP contribution in [0.4, 0.5) is 0 Å². The van der Waals surface area contributed by atoms with Crippen molar-refractivity contribution in [2.45, 2.75) is 13.1 Å². The molecular formula is C19H18OSi. The van der Waals surface area contributed by atoms with Gasteiger partial charge in [-0.1, -0.05) is 54.6 Å². The lowest BCUT2D eigenvalue weighted by Gasteiger charge is -2.24. The highest BCUT2D eigenvalue weighted by Gasteiger charge is 2.27. The fourth-order valence-electron chi connectivity index (χ4n) is 3.37. The van der Waals surface area contributed by atoms with Gasteiger partial charge in [0, 0.05) is 7.11 Å². The monoisotopic (exact) mass is 290 g/mol. The van der Waals surface area contributed by atoms with Crippen molar-refractivity contribution in [3.05, 3.63) is 54.6 Å². The van der Waals surface area contributed by atoms with Crippen LogP contribution in [0.1, 0.15) is 0 Å². The van der Waals surface area contributed by atoms with Crippen molar-refractivity contribution < 1.29 is 4.43 Å². The second-order valence-electron chi connectivity index (χ2n) is 6.19. The summed E-state index contributed by atoms with van der Waals surface area (Å²) < 4.78 is 5.89. The fourth-order valence-corrected chi connectivity index (χ4v) is 4.95. The second kappa shape index (κ2) is 4.29. The largest absolute Gasteiger partial charge is 0.416 e. The summed E-state index contributed by atoms with van der Waals surface area (Å²) in [7, 11) is -0.0338.